The molecule has 1 aliphatic carbocycles. The van der Waals surface area contributed by atoms with Crippen LogP contribution in [0, 0.1) is 13.8 Å². The van der Waals surface area contributed by atoms with Crippen LogP contribution in [0.25, 0.3) is 11.1 Å². The molecule has 1 aliphatic rings. The standard InChI is InChI=1S/C29H29F3N2O3/c1-17-14-18(2)26(20-4-9-22(10-5-20)29(30,31)32)25(15-17)27(35)33-24-13-7-19-6-11-23(34-28(36)37-3)12-8-21(19)16-24/h4-5,7,9-10,13-16,23H,6,8,11-12H2,1-3H3,(H,33,35)(H,34,36). The molecule has 0 radical (unpaired) electrons. The van der Waals surface area contributed by atoms with Gasteiger partial charge in [0.2, 0.25) is 0 Å². The maximum absolute atomic E-state index is 13.4. The van der Waals surface area contributed by atoms with E-state index in [9.17, 15) is 22.8 Å². The molecule has 2 N–H and O–H groups in total. The van der Waals surface area contributed by atoms with E-state index in [1.807, 2.05) is 38.1 Å². The molecule has 0 heterocycles. The number of rotatable bonds is 4. The van der Waals surface area contributed by atoms with Gasteiger partial charge >= 0.3 is 12.3 Å². The van der Waals surface area contributed by atoms with Crippen molar-refractivity contribution in [1.29, 1.82) is 0 Å². The lowest BCUT2D eigenvalue weighted by molar-refractivity contribution is -0.137. The maximum Gasteiger partial charge on any atom is 0.416 e. The molecule has 1 atom stereocenters. The summed E-state index contributed by atoms with van der Waals surface area (Å²) in [5.41, 5.74) is 5.40. The Balaban J connectivity index is 1.58. The summed E-state index contributed by atoms with van der Waals surface area (Å²) >= 11 is 0. The third kappa shape index (κ3) is 6.13. The van der Waals surface area contributed by atoms with Crippen molar-refractivity contribution in [2.45, 2.75) is 51.7 Å². The van der Waals surface area contributed by atoms with Gasteiger partial charge in [0.05, 0.1) is 12.7 Å². The van der Waals surface area contributed by atoms with E-state index in [0.29, 0.717) is 22.4 Å². The normalized spacial score (nSPS) is 15.4. The molecule has 0 fully saturated rings. The summed E-state index contributed by atoms with van der Waals surface area (Å²) in [6.45, 7) is 3.72. The number of carbonyl (C=O) groups is 2. The number of methoxy groups -OCH3 is 1. The number of benzene rings is 3. The Morgan fingerprint density at radius 3 is 2.24 bits per heavy atom. The highest BCUT2D eigenvalue weighted by Gasteiger charge is 2.30. The Morgan fingerprint density at radius 2 is 1.59 bits per heavy atom. The van der Waals surface area contributed by atoms with Gasteiger partial charge in [-0.1, -0.05) is 29.8 Å². The molecule has 0 bridgehead atoms. The van der Waals surface area contributed by atoms with Gasteiger partial charge in [-0.15, -0.1) is 0 Å². The highest BCUT2D eigenvalue weighted by Crippen LogP contribution is 2.34. The Kier molecular flexibility index (Phi) is 7.57. The summed E-state index contributed by atoms with van der Waals surface area (Å²) in [4.78, 5) is 25.0. The van der Waals surface area contributed by atoms with Crippen LogP contribution in [0.1, 0.15) is 51.0 Å². The molecule has 3 aromatic rings. The van der Waals surface area contributed by atoms with Crippen molar-refractivity contribution in [3.8, 4) is 11.1 Å². The molecule has 2 amide bonds. The van der Waals surface area contributed by atoms with Gasteiger partial charge in [0, 0.05) is 17.3 Å². The number of carbonyl (C=O) groups excluding carboxylic acids is 2. The highest BCUT2D eigenvalue weighted by atomic mass is 19.4. The first kappa shape index (κ1) is 26.3. The minimum Gasteiger partial charge on any atom is -0.453 e. The van der Waals surface area contributed by atoms with E-state index in [1.54, 1.807) is 6.07 Å². The zero-order valence-corrected chi connectivity index (χ0v) is 21.0. The first-order chi connectivity index (χ1) is 17.5. The number of hydrogen-bond donors (Lipinski definition) is 2. The van der Waals surface area contributed by atoms with Crippen LogP contribution < -0.4 is 10.6 Å². The smallest absolute Gasteiger partial charge is 0.416 e. The van der Waals surface area contributed by atoms with Gasteiger partial charge in [0.1, 0.15) is 0 Å². The van der Waals surface area contributed by atoms with E-state index < -0.39 is 17.8 Å². The van der Waals surface area contributed by atoms with E-state index >= 15 is 0 Å². The van der Waals surface area contributed by atoms with Crippen molar-refractivity contribution >= 4 is 17.7 Å². The summed E-state index contributed by atoms with van der Waals surface area (Å²) < 4.78 is 43.9. The third-order valence-corrected chi connectivity index (χ3v) is 6.72. The van der Waals surface area contributed by atoms with E-state index in [4.69, 9.17) is 4.74 Å². The second kappa shape index (κ2) is 10.7. The van der Waals surface area contributed by atoms with Crippen LogP contribution in [0.5, 0.6) is 0 Å². The third-order valence-electron chi connectivity index (χ3n) is 6.72. The fourth-order valence-corrected chi connectivity index (χ4v) is 4.91. The molecule has 4 rings (SSSR count). The number of nitrogens with one attached hydrogen (secondary N) is 2. The van der Waals surface area contributed by atoms with Gasteiger partial charge in [-0.2, -0.15) is 13.2 Å². The van der Waals surface area contributed by atoms with E-state index in [-0.39, 0.29) is 11.9 Å². The van der Waals surface area contributed by atoms with Gasteiger partial charge in [-0.05, 0) is 97.7 Å². The number of fused-ring (bicyclic) bond motifs is 1. The predicted molar refractivity (Wildman–Crippen MR) is 137 cm³/mol. The lowest BCUT2D eigenvalue weighted by atomic mass is 9.92. The van der Waals surface area contributed by atoms with Gasteiger partial charge in [0.25, 0.3) is 5.91 Å². The van der Waals surface area contributed by atoms with Crippen molar-refractivity contribution in [3.05, 3.63) is 88.0 Å². The first-order valence-corrected chi connectivity index (χ1v) is 12.1. The average Bonchev–Trinajstić information content (AvgIpc) is 3.05. The van der Waals surface area contributed by atoms with Crippen LogP contribution in [0.4, 0.5) is 23.7 Å². The van der Waals surface area contributed by atoms with Crippen LogP contribution in [0.3, 0.4) is 0 Å². The lowest BCUT2D eigenvalue weighted by Gasteiger charge is -2.16. The minimum absolute atomic E-state index is 0.0134. The molecule has 0 saturated carbocycles. The predicted octanol–water partition coefficient (Wildman–Crippen LogP) is 6.84. The van der Waals surface area contributed by atoms with Gasteiger partial charge in [-0.3, -0.25) is 4.79 Å². The molecule has 0 aliphatic heterocycles. The zero-order chi connectivity index (χ0) is 26.7. The van der Waals surface area contributed by atoms with Crippen molar-refractivity contribution < 1.29 is 27.5 Å². The van der Waals surface area contributed by atoms with Crippen LogP contribution in [0.2, 0.25) is 0 Å². The van der Waals surface area contributed by atoms with Gasteiger partial charge < -0.3 is 15.4 Å². The van der Waals surface area contributed by atoms with E-state index in [0.717, 1.165) is 54.5 Å². The quantitative estimate of drug-likeness (QED) is 0.378. The molecule has 0 spiro atoms. The number of amides is 2. The minimum atomic E-state index is -4.43. The summed E-state index contributed by atoms with van der Waals surface area (Å²) in [6, 6.07) is 14.3. The summed E-state index contributed by atoms with van der Waals surface area (Å²) in [7, 11) is 1.34. The molecule has 194 valence electrons. The number of alkyl carbamates (subject to hydrolysis) is 1. The Bertz CT molecular complexity index is 1320. The van der Waals surface area contributed by atoms with Crippen LogP contribution in [-0.2, 0) is 23.8 Å². The highest BCUT2D eigenvalue weighted by molar-refractivity contribution is 6.09. The topological polar surface area (TPSA) is 67.4 Å². The van der Waals surface area contributed by atoms with Crippen molar-refractivity contribution in [2.75, 3.05) is 12.4 Å². The molecule has 3 aromatic carbocycles. The molecular weight excluding hydrogens is 481 g/mol. The van der Waals surface area contributed by atoms with Gasteiger partial charge in [-0.25, -0.2) is 4.79 Å². The Morgan fingerprint density at radius 1 is 0.919 bits per heavy atom. The second-order valence-electron chi connectivity index (χ2n) is 9.43. The number of halogens is 3. The molecule has 8 heteroatoms. The monoisotopic (exact) mass is 510 g/mol. The Hall–Kier alpha value is -3.81. The SMILES string of the molecule is COC(=O)NC1CCc2ccc(NC(=O)c3cc(C)cc(C)c3-c3ccc(C(F)(F)F)cc3)cc2CC1. The Labute approximate surface area is 214 Å². The van der Waals surface area contributed by atoms with Crippen molar-refractivity contribution in [2.24, 2.45) is 0 Å². The molecule has 0 saturated heterocycles. The van der Waals surface area contributed by atoms with Crippen LogP contribution >= 0.6 is 0 Å². The van der Waals surface area contributed by atoms with Gasteiger partial charge in [0.15, 0.2) is 0 Å². The first-order valence-electron chi connectivity index (χ1n) is 12.1. The molecule has 0 aromatic heterocycles. The van der Waals surface area contributed by atoms with E-state index in [2.05, 4.69) is 10.6 Å². The molecule has 37 heavy (non-hydrogen) atoms. The summed E-state index contributed by atoms with van der Waals surface area (Å²) in [5.74, 6) is -0.333. The molecule has 1 unspecified atom stereocenters. The summed E-state index contributed by atoms with van der Waals surface area (Å²) in [6.07, 6.45) is -1.77. The number of alkyl halides is 3. The number of anilines is 1. The van der Waals surface area contributed by atoms with Crippen molar-refractivity contribution in [1.82, 2.24) is 5.32 Å². The van der Waals surface area contributed by atoms with Crippen LogP contribution in [-0.4, -0.2) is 25.2 Å². The fraction of sp³-hybridized carbons (Fsp3) is 0.310. The number of hydrogen-bond acceptors (Lipinski definition) is 3. The lowest BCUT2D eigenvalue weighted by Crippen LogP contribution is -2.34. The zero-order valence-electron chi connectivity index (χ0n) is 21.0. The fourth-order valence-electron chi connectivity index (χ4n) is 4.91. The number of aryl methyl sites for hydroxylation is 4. The van der Waals surface area contributed by atoms with Crippen LogP contribution in [0.15, 0.2) is 54.6 Å². The maximum atomic E-state index is 13.4. The van der Waals surface area contributed by atoms with E-state index in [1.165, 1.54) is 24.8 Å². The summed E-state index contributed by atoms with van der Waals surface area (Å²) in [5, 5.41) is 5.84. The van der Waals surface area contributed by atoms with Crippen molar-refractivity contribution in [3.63, 3.8) is 0 Å². The second-order valence-corrected chi connectivity index (χ2v) is 9.43. The number of ether oxygens (including phenoxy) is 1. The average molecular weight is 511 g/mol. The molecule has 5 nitrogen and oxygen atoms in total. The largest absolute Gasteiger partial charge is 0.453 e. The molecular formula is C29H29F3N2O3.